The maximum absolute atomic E-state index is 10.3. The average Bonchev–Trinajstić information content (AvgIpc) is 2.18. The number of nitrogens with one attached hydrogen (secondary N) is 1. The first-order valence-electron chi connectivity index (χ1n) is 4.81. The summed E-state index contributed by atoms with van der Waals surface area (Å²) in [6.45, 7) is 2.20. The Morgan fingerprint density at radius 3 is 2.73 bits per heavy atom. The number of carbonyl (C=O) groups is 1. The number of rotatable bonds is 6. The molecule has 1 aromatic carbocycles. The first kappa shape index (κ1) is 11.7. The van der Waals surface area contributed by atoms with Crippen molar-refractivity contribution in [3.8, 4) is 0 Å². The van der Waals surface area contributed by atoms with Gasteiger partial charge in [-0.3, -0.25) is 9.63 Å². The molecule has 0 saturated carbocycles. The van der Waals surface area contributed by atoms with Crippen molar-refractivity contribution >= 4 is 5.97 Å². The molecular formula is C11H15NO3. The lowest BCUT2D eigenvalue weighted by Crippen LogP contribution is -2.28. The van der Waals surface area contributed by atoms with Gasteiger partial charge in [-0.25, -0.2) is 0 Å². The highest BCUT2D eigenvalue weighted by molar-refractivity contribution is 5.67. The van der Waals surface area contributed by atoms with Crippen molar-refractivity contribution in [3.05, 3.63) is 35.9 Å². The highest BCUT2D eigenvalue weighted by atomic mass is 16.6. The monoisotopic (exact) mass is 209 g/mol. The number of hydrogen-bond donors (Lipinski definition) is 2. The normalized spacial score (nSPS) is 12.3. The molecule has 4 nitrogen and oxygen atoms in total. The van der Waals surface area contributed by atoms with Crippen LogP contribution in [-0.4, -0.2) is 17.1 Å². The smallest absolute Gasteiger partial charge is 0.305 e. The summed E-state index contributed by atoms with van der Waals surface area (Å²) < 4.78 is 0. The second-order valence-corrected chi connectivity index (χ2v) is 3.39. The SMILES string of the molecule is CC(CC(=O)O)NOCc1ccccc1. The molecule has 4 heteroatoms. The summed E-state index contributed by atoms with van der Waals surface area (Å²) in [5.74, 6) is -0.835. The van der Waals surface area contributed by atoms with Gasteiger partial charge in [-0.15, -0.1) is 0 Å². The van der Waals surface area contributed by atoms with Gasteiger partial charge in [-0.2, -0.15) is 5.48 Å². The Bertz CT molecular complexity index is 300. The Balaban J connectivity index is 2.19. The van der Waals surface area contributed by atoms with Crippen LogP contribution in [-0.2, 0) is 16.2 Å². The summed E-state index contributed by atoms with van der Waals surface area (Å²) >= 11 is 0. The second-order valence-electron chi connectivity index (χ2n) is 3.39. The fourth-order valence-electron chi connectivity index (χ4n) is 1.15. The Morgan fingerprint density at radius 1 is 1.47 bits per heavy atom. The Hall–Kier alpha value is -1.39. The highest BCUT2D eigenvalue weighted by Gasteiger charge is 2.06. The third-order valence-electron chi connectivity index (χ3n) is 1.85. The largest absolute Gasteiger partial charge is 0.481 e. The average molecular weight is 209 g/mol. The molecule has 1 atom stereocenters. The summed E-state index contributed by atoms with van der Waals surface area (Å²) in [6, 6.07) is 9.50. The molecule has 1 aromatic rings. The van der Waals surface area contributed by atoms with Crippen molar-refractivity contribution in [2.24, 2.45) is 0 Å². The van der Waals surface area contributed by atoms with Crippen LogP contribution in [0.4, 0.5) is 0 Å². The molecule has 0 saturated heterocycles. The van der Waals surface area contributed by atoms with Crippen molar-refractivity contribution in [3.63, 3.8) is 0 Å². The molecule has 0 amide bonds. The lowest BCUT2D eigenvalue weighted by Gasteiger charge is -2.11. The number of benzene rings is 1. The van der Waals surface area contributed by atoms with E-state index in [1.54, 1.807) is 6.92 Å². The lowest BCUT2D eigenvalue weighted by atomic mass is 10.2. The minimum atomic E-state index is -0.835. The first-order valence-corrected chi connectivity index (χ1v) is 4.81. The van der Waals surface area contributed by atoms with E-state index in [1.165, 1.54) is 0 Å². The molecule has 0 aliphatic carbocycles. The van der Waals surface area contributed by atoms with E-state index < -0.39 is 5.97 Å². The second kappa shape index (κ2) is 6.16. The maximum Gasteiger partial charge on any atom is 0.305 e. The summed E-state index contributed by atoms with van der Waals surface area (Å²) in [6.07, 6.45) is 0.0504. The minimum Gasteiger partial charge on any atom is -0.481 e. The van der Waals surface area contributed by atoms with Gasteiger partial charge >= 0.3 is 5.97 Å². The number of hydroxylamine groups is 1. The number of aliphatic carboxylic acids is 1. The number of hydrogen-bond acceptors (Lipinski definition) is 3. The summed E-state index contributed by atoms with van der Waals surface area (Å²) in [5.41, 5.74) is 3.73. The zero-order valence-electron chi connectivity index (χ0n) is 8.64. The van der Waals surface area contributed by atoms with Crippen LogP contribution in [0.15, 0.2) is 30.3 Å². The van der Waals surface area contributed by atoms with E-state index in [4.69, 9.17) is 9.94 Å². The molecule has 0 aliphatic rings. The predicted molar refractivity (Wildman–Crippen MR) is 56.1 cm³/mol. The molecule has 1 rings (SSSR count). The molecule has 0 heterocycles. The third-order valence-corrected chi connectivity index (χ3v) is 1.85. The molecule has 0 fully saturated rings. The van der Waals surface area contributed by atoms with E-state index in [2.05, 4.69) is 5.48 Å². The van der Waals surface area contributed by atoms with Gasteiger partial charge in [0.25, 0.3) is 0 Å². The fourth-order valence-corrected chi connectivity index (χ4v) is 1.15. The van der Waals surface area contributed by atoms with Gasteiger partial charge in [0.05, 0.1) is 13.0 Å². The molecule has 2 N–H and O–H groups in total. The van der Waals surface area contributed by atoms with Crippen molar-refractivity contribution in [2.75, 3.05) is 0 Å². The van der Waals surface area contributed by atoms with Gasteiger partial charge in [0, 0.05) is 6.04 Å². The van der Waals surface area contributed by atoms with Crippen molar-refractivity contribution in [1.82, 2.24) is 5.48 Å². The van der Waals surface area contributed by atoms with Gasteiger partial charge in [0.1, 0.15) is 0 Å². The van der Waals surface area contributed by atoms with Crippen molar-refractivity contribution < 1.29 is 14.7 Å². The highest BCUT2D eigenvalue weighted by Crippen LogP contribution is 2.00. The molecule has 15 heavy (non-hydrogen) atoms. The minimum absolute atomic E-state index is 0.0504. The summed E-state index contributed by atoms with van der Waals surface area (Å²) in [4.78, 5) is 15.5. The Kier molecular flexibility index (Phi) is 4.80. The van der Waals surface area contributed by atoms with E-state index in [1.807, 2.05) is 30.3 Å². The third kappa shape index (κ3) is 5.15. The number of carboxylic acid groups (broad SMARTS) is 1. The number of carboxylic acids is 1. The Labute approximate surface area is 88.8 Å². The van der Waals surface area contributed by atoms with Gasteiger partial charge in [0.2, 0.25) is 0 Å². The predicted octanol–water partition coefficient (Wildman–Crippen LogP) is 1.57. The van der Waals surface area contributed by atoms with Crippen LogP contribution in [0.5, 0.6) is 0 Å². The molecular weight excluding hydrogens is 194 g/mol. The lowest BCUT2D eigenvalue weighted by molar-refractivity contribution is -0.138. The molecule has 0 spiro atoms. The quantitative estimate of drug-likeness (QED) is 0.698. The van der Waals surface area contributed by atoms with Crippen LogP contribution in [0.2, 0.25) is 0 Å². The van der Waals surface area contributed by atoms with Crippen LogP contribution >= 0.6 is 0 Å². The van der Waals surface area contributed by atoms with Crippen molar-refractivity contribution in [1.29, 1.82) is 0 Å². The Morgan fingerprint density at radius 2 is 2.13 bits per heavy atom. The van der Waals surface area contributed by atoms with Crippen LogP contribution in [0, 0.1) is 0 Å². The first-order chi connectivity index (χ1) is 7.18. The summed E-state index contributed by atoms with van der Waals surface area (Å²) in [7, 11) is 0. The fraction of sp³-hybridized carbons (Fsp3) is 0.364. The molecule has 0 aromatic heterocycles. The van der Waals surface area contributed by atoms with E-state index in [0.29, 0.717) is 6.61 Å². The molecule has 82 valence electrons. The molecule has 0 aliphatic heterocycles. The van der Waals surface area contributed by atoms with E-state index in [-0.39, 0.29) is 12.5 Å². The zero-order chi connectivity index (χ0) is 11.1. The van der Waals surface area contributed by atoms with Crippen LogP contribution in [0.1, 0.15) is 18.9 Å². The standard InChI is InChI=1S/C11H15NO3/c1-9(7-11(13)14)12-15-8-10-5-3-2-4-6-10/h2-6,9,12H,7-8H2,1H3,(H,13,14). The van der Waals surface area contributed by atoms with E-state index in [0.717, 1.165) is 5.56 Å². The van der Waals surface area contributed by atoms with Gasteiger partial charge in [-0.05, 0) is 12.5 Å². The molecule has 1 unspecified atom stereocenters. The topological polar surface area (TPSA) is 58.6 Å². The molecule has 0 bridgehead atoms. The van der Waals surface area contributed by atoms with Crippen LogP contribution in [0.3, 0.4) is 0 Å². The van der Waals surface area contributed by atoms with Gasteiger partial charge in [0.15, 0.2) is 0 Å². The van der Waals surface area contributed by atoms with E-state index in [9.17, 15) is 4.79 Å². The maximum atomic E-state index is 10.3. The summed E-state index contributed by atoms with van der Waals surface area (Å²) in [5, 5.41) is 8.50. The van der Waals surface area contributed by atoms with E-state index >= 15 is 0 Å². The van der Waals surface area contributed by atoms with Gasteiger partial charge in [-0.1, -0.05) is 30.3 Å². The van der Waals surface area contributed by atoms with Crippen LogP contribution in [0.25, 0.3) is 0 Å². The molecule has 0 radical (unpaired) electrons. The van der Waals surface area contributed by atoms with Gasteiger partial charge < -0.3 is 5.11 Å². The zero-order valence-corrected chi connectivity index (χ0v) is 8.64. The van der Waals surface area contributed by atoms with Crippen LogP contribution < -0.4 is 5.48 Å². The van der Waals surface area contributed by atoms with Crippen molar-refractivity contribution in [2.45, 2.75) is 26.0 Å².